The van der Waals surface area contributed by atoms with Crippen molar-refractivity contribution in [1.82, 2.24) is 5.32 Å². The van der Waals surface area contributed by atoms with Crippen molar-refractivity contribution >= 4 is 17.5 Å². The average molecular weight is 264 g/mol. The molecule has 0 saturated carbocycles. The van der Waals surface area contributed by atoms with Gasteiger partial charge in [0.1, 0.15) is 17.5 Å². The Balaban J connectivity index is 2.48. The number of nitrogens with one attached hydrogen (secondary N) is 1. The molecule has 1 aliphatic heterocycles. The van der Waals surface area contributed by atoms with E-state index in [1.807, 2.05) is 0 Å². The van der Waals surface area contributed by atoms with Crippen LogP contribution >= 0.6 is 0 Å². The number of carbonyl (C=O) groups excluding carboxylic acids is 2. The van der Waals surface area contributed by atoms with Gasteiger partial charge in [-0.3, -0.25) is 14.5 Å². The maximum Gasteiger partial charge on any atom is 0.247 e. The van der Waals surface area contributed by atoms with Crippen LogP contribution in [0.5, 0.6) is 11.5 Å². The summed E-state index contributed by atoms with van der Waals surface area (Å²) in [6.45, 7) is 1.66. The predicted octanol–water partition coefficient (Wildman–Crippen LogP) is 0.555. The van der Waals surface area contributed by atoms with Crippen LogP contribution < -0.4 is 19.7 Å². The molecule has 1 aromatic rings. The van der Waals surface area contributed by atoms with Crippen LogP contribution in [0.2, 0.25) is 0 Å². The normalized spacial score (nSPS) is 19.1. The molecule has 1 saturated heterocycles. The van der Waals surface area contributed by atoms with Crippen molar-refractivity contribution in [3.63, 3.8) is 0 Å². The van der Waals surface area contributed by atoms with E-state index in [1.54, 1.807) is 32.2 Å². The van der Waals surface area contributed by atoms with Gasteiger partial charge in [-0.25, -0.2) is 0 Å². The number of hydrogen-bond acceptors (Lipinski definition) is 4. The lowest BCUT2D eigenvalue weighted by molar-refractivity contribution is -0.130. The van der Waals surface area contributed by atoms with E-state index in [4.69, 9.17) is 9.47 Å². The molecular weight excluding hydrogens is 248 g/mol. The van der Waals surface area contributed by atoms with Gasteiger partial charge in [-0.05, 0) is 19.1 Å². The molecule has 0 aliphatic carbocycles. The number of ether oxygens (including phenoxy) is 2. The molecule has 1 atom stereocenters. The van der Waals surface area contributed by atoms with Gasteiger partial charge < -0.3 is 14.8 Å². The second-order valence-corrected chi connectivity index (χ2v) is 4.20. The van der Waals surface area contributed by atoms with Crippen molar-refractivity contribution < 1.29 is 19.1 Å². The van der Waals surface area contributed by atoms with E-state index in [0.29, 0.717) is 17.2 Å². The number of benzene rings is 1. The Kier molecular flexibility index (Phi) is 3.59. The van der Waals surface area contributed by atoms with Gasteiger partial charge in [-0.2, -0.15) is 0 Å². The molecule has 0 radical (unpaired) electrons. The third-order valence-corrected chi connectivity index (χ3v) is 3.09. The van der Waals surface area contributed by atoms with Crippen molar-refractivity contribution in [1.29, 1.82) is 0 Å². The van der Waals surface area contributed by atoms with Crippen molar-refractivity contribution in [3.8, 4) is 11.5 Å². The first kappa shape index (κ1) is 13.2. The van der Waals surface area contributed by atoms with Gasteiger partial charge in [0.05, 0.1) is 26.5 Å². The molecule has 19 heavy (non-hydrogen) atoms. The quantitative estimate of drug-likeness (QED) is 0.866. The molecule has 0 bridgehead atoms. The largest absolute Gasteiger partial charge is 0.497 e. The van der Waals surface area contributed by atoms with E-state index in [1.165, 1.54) is 12.0 Å². The molecule has 1 aromatic carbocycles. The Bertz CT molecular complexity index is 515. The number of carbonyl (C=O) groups is 2. The Labute approximate surface area is 111 Å². The van der Waals surface area contributed by atoms with E-state index in [9.17, 15) is 9.59 Å². The summed E-state index contributed by atoms with van der Waals surface area (Å²) in [5.74, 6) is 0.751. The standard InChI is InChI=1S/C13H16N2O4/c1-8-13(17)14-7-12(16)15(8)10-6-9(18-2)4-5-11(10)19-3/h4-6,8H,7H2,1-3H3,(H,14,17). The molecule has 6 heteroatoms. The zero-order valence-electron chi connectivity index (χ0n) is 11.1. The summed E-state index contributed by atoms with van der Waals surface area (Å²) in [5.41, 5.74) is 0.536. The van der Waals surface area contributed by atoms with Gasteiger partial charge in [0.25, 0.3) is 0 Å². The highest BCUT2D eigenvalue weighted by molar-refractivity contribution is 6.07. The number of amides is 2. The summed E-state index contributed by atoms with van der Waals surface area (Å²) < 4.78 is 10.4. The van der Waals surface area contributed by atoms with Gasteiger partial charge >= 0.3 is 0 Å². The maximum absolute atomic E-state index is 12.0. The fourth-order valence-electron chi connectivity index (χ4n) is 2.06. The van der Waals surface area contributed by atoms with Gasteiger partial charge in [0, 0.05) is 6.07 Å². The lowest BCUT2D eigenvalue weighted by Gasteiger charge is -2.33. The molecule has 0 aromatic heterocycles. The third-order valence-electron chi connectivity index (χ3n) is 3.09. The monoisotopic (exact) mass is 264 g/mol. The van der Waals surface area contributed by atoms with Crippen LogP contribution in [0.3, 0.4) is 0 Å². The number of hydrogen-bond donors (Lipinski definition) is 1. The van der Waals surface area contributed by atoms with Crippen molar-refractivity contribution in [2.75, 3.05) is 25.7 Å². The number of nitrogens with zero attached hydrogens (tertiary/aromatic N) is 1. The number of methoxy groups -OCH3 is 2. The fraction of sp³-hybridized carbons (Fsp3) is 0.385. The van der Waals surface area contributed by atoms with Crippen molar-refractivity contribution in [2.24, 2.45) is 0 Å². The minimum absolute atomic E-state index is 0.0104. The minimum atomic E-state index is -0.581. The first-order valence-electron chi connectivity index (χ1n) is 5.90. The van der Waals surface area contributed by atoms with Gasteiger partial charge in [-0.15, -0.1) is 0 Å². The predicted molar refractivity (Wildman–Crippen MR) is 69.5 cm³/mol. The molecule has 1 N–H and O–H groups in total. The van der Waals surface area contributed by atoms with Crippen LogP contribution in [0.15, 0.2) is 18.2 Å². The molecule has 6 nitrogen and oxygen atoms in total. The van der Waals surface area contributed by atoms with Crippen LogP contribution in [0.1, 0.15) is 6.92 Å². The SMILES string of the molecule is COc1ccc(OC)c(N2C(=O)CNC(=O)C2C)c1. The molecule has 1 fully saturated rings. The van der Waals surface area contributed by atoms with E-state index in [2.05, 4.69) is 5.32 Å². The highest BCUT2D eigenvalue weighted by Crippen LogP contribution is 2.34. The highest BCUT2D eigenvalue weighted by atomic mass is 16.5. The van der Waals surface area contributed by atoms with E-state index < -0.39 is 6.04 Å². The average Bonchev–Trinajstić information content (AvgIpc) is 2.43. The smallest absolute Gasteiger partial charge is 0.247 e. The van der Waals surface area contributed by atoms with Crippen LogP contribution in [0.4, 0.5) is 5.69 Å². The Morgan fingerprint density at radius 3 is 2.63 bits per heavy atom. The van der Waals surface area contributed by atoms with Gasteiger partial charge in [-0.1, -0.05) is 0 Å². The summed E-state index contributed by atoms with van der Waals surface area (Å²) in [6, 6.07) is 4.55. The van der Waals surface area contributed by atoms with Crippen LogP contribution in [0, 0.1) is 0 Å². The minimum Gasteiger partial charge on any atom is -0.497 e. The van der Waals surface area contributed by atoms with E-state index in [0.717, 1.165) is 0 Å². The van der Waals surface area contributed by atoms with Crippen LogP contribution in [-0.4, -0.2) is 38.6 Å². The molecule has 0 spiro atoms. The first-order chi connectivity index (χ1) is 9.08. The third kappa shape index (κ3) is 2.33. The Morgan fingerprint density at radius 1 is 1.26 bits per heavy atom. The topological polar surface area (TPSA) is 67.9 Å². The molecule has 1 heterocycles. The molecule has 2 rings (SSSR count). The second kappa shape index (κ2) is 5.17. The molecule has 1 unspecified atom stereocenters. The van der Waals surface area contributed by atoms with Crippen molar-refractivity contribution in [3.05, 3.63) is 18.2 Å². The maximum atomic E-state index is 12.0. The first-order valence-corrected chi connectivity index (χ1v) is 5.90. The lowest BCUT2D eigenvalue weighted by Crippen LogP contribution is -2.57. The zero-order valence-corrected chi connectivity index (χ0v) is 11.1. The summed E-state index contributed by atoms with van der Waals surface area (Å²) in [5, 5.41) is 2.55. The summed E-state index contributed by atoms with van der Waals surface area (Å²) >= 11 is 0. The molecule has 1 aliphatic rings. The van der Waals surface area contributed by atoms with E-state index in [-0.39, 0.29) is 18.4 Å². The van der Waals surface area contributed by atoms with E-state index >= 15 is 0 Å². The molecule has 102 valence electrons. The highest BCUT2D eigenvalue weighted by Gasteiger charge is 2.33. The lowest BCUT2D eigenvalue weighted by atomic mass is 10.1. The van der Waals surface area contributed by atoms with Gasteiger partial charge in [0.15, 0.2) is 0 Å². The molecule has 2 amide bonds. The Morgan fingerprint density at radius 2 is 2.00 bits per heavy atom. The molecular formula is C13H16N2O4. The van der Waals surface area contributed by atoms with Crippen LogP contribution in [0.25, 0.3) is 0 Å². The van der Waals surface area contributed by atoms with Crippen LogP contribution in [-0.2, 0) is 9.59 Å². The number of rotatable bonds is 3. The fourth-order valence-corrected chi connectivity index (χ4v) is 2.06. The Hall–Kier alpha value is -2.24. The summed E-state index contributed by atoms with van der Waals surface area (Å²) in [6.07, 6.45) is 0. The summed E-state index contributed by atoms with van der Waals surface area (Å²) in [7, 11) is 3.06. The summed E-state index contributed by atoms with van der Waals surface area (Å²) in [4.78, 5) is 25.2. The second-order valence-electron chi connectivity index (χ2n) is 4.20. The number of anilines is 1. The zero-order chi connectivity index (χ0) is 14.0. The van der Waals surface area contributed by atoms with Crippen molar-refractivity contribution in [2.45, 2.75) is 13.0 Å². The number of piperazine rings is 1. The van der Waals surface area contributed by atoms with Gasteiger partial charge in [0.2, 0.25) is 11.8 Å².